The third-order valence-electron chi connectivity index (χ3n) is 3.86. The summed E-state index contributed by atoms with van der Waals surface area (Å²) in [7, 11) is 0. The van der Waals surface area contributed by atoms with E-state index in [0.717, 1.165) is 25.7 Å². The molecule has 0 bridgehead atoms. The van der Waals surface area contributed by atoms with Gasteiger partial charge in [-0.05, 0) is 43.9 Å². The molecule has 94 valence electrons. The second kappa shape index (κ2) is 7.86. The zero-order chi connectivity index (χ0) is 11.8. The Morgan fingerprint density at radius 3 is 2.56 bits per heavy atom. The van der Waals surface area contributed by atoms with Gasteiger partial charge in [-0.2, -0.15) is 0 Å². The topological polar surface area (TPSA) is 40.5 Å². The number of unbranched alkanes of at least 4 members (excludes halogenated alkanes) is 4. The molecule has 0 aromatic carbocycles. The molecule has 1 fully saturated rings. The van der Waals surface area contributed by atoms with Crippen LogP contribution in [0.4, 0.5) is 0 Å². The maximum absolute atomic E-state index is 9.81. The lowest BCUT2D eigenvalue weighted by Crippen LogP contribution is -2.21. The van der Waals surface area contributed by atoms with Crippen LogP contribution in [0.5, 0.6) is 0 Å². The maximum atomic E-state index is 9.81. The second-order valence-electron chi connectivity index (χ2n) is 5.03. The van der Waals surface area contributed by atoms with Crippen molar-refractivity contribution in [1.82, 2.24) is 0 Å². The van der Waals surface area contributed by atoms with Gasteiger partial charge < -0.3 is 10.2 Å². The van der Waals surface area contributed by atoms with Crippen molar-refractivity contribution >= 4 is 0 Å². The van der Waals surface area contributed by atoms with Gasteiger partial charge in [0.15, 0.2) is 0 Å². The Morgan fingerprint density at radius 1 is 1.12 bits per heavy atom. The standard InChI is InChI=1S/C14H26O2/c1-2-3-4-5-6-7-8-13-12(11-15)9-10-14(13)16/h2,12-16H,1,3-11H2/t12-,13+,14-/m1/s1. The fraction of sp³-hybridized carbons (Fsp3) is 0.857. The van der Waals surface area contributed by atoms with Crippen molar-refractivity contribution in [2.45, 2.75) is 57.5 Å². The van der Waals surface area contributed by atoms with Gasteiger partial charge in [0.25, 0.3) is 0 Å². The Balaban J connectivity index is 2.08. The van der Waals surface area contributed by atoms with E-state index >= 15 is 0 Å². The molecular weight excluding hydrogens is 200 g/mol. The van der Waals surface area contributed by atoms with Crippen LogP contribution in [-0.2, 0) is 0 Å². The lowest BCUT2D eigenvalue weighted by molar-refractivity contribution is 0.0904. The normalized spacial score (nSPS) is 29.5. The fourth-order valence-corrected chi connectivity index (χ4v) is 2.80. The molecule has 0 aromatic rings. The highest BCUT2D eigenvalue weighted by molar-refractivity contribution is 4.84. The summed E-state index contributed by atoms with van der Waals surface area (Å²) in [4.78, 5) is 0. The summed E-state index contributed by atoms with van der Waals surface area (Å²) in [6, 6.07) is 0. The predicted molar refractivity (Wildman–Crippen MR) is 67.2 cm³/mol. The lowest BCUT2D eigenvalue weighted by atomic mass is 9.90. The number of hydrogen-bond donors (Lipinski definition) is 2. The summed E-state index contributed by atoms with van der Waals surface area (Å²) in [5.74, 6) is 0.701. The molecule has 1 saturated carbocycles. The van der Waals surface area contributed by atoms with E-state index in [4.69, 9.17) is 0 Å². The van der Waals surface area contributed by atoms with Crippen LogP contribution in [-0.4, -0.2) is 22.9 Å². The zero-order valence-corrected chi connectivity index (χ0v) is 10.3. The molecule has 0 saturated heterocycles. The summed E-state index contributed by atoms with van der Waals surface area (Å²) in [5, 5.41) is 19.0. The molecule has 1 aliphatic carbocycles. The molecule has 0 heterocycles. The van der Waals surface area contributed by atoms with Crippen molar-refractivity contribution in [3.8, 4) is 0 Å². The smallest absolute Gasteiger partial charge is 0.0572 e. The van der Waals surface area contributed by atoms with Crippen LogP contribution in [0.15, 0.2) is 12.7 Å². The van der Waals surface area contributed by atoms with E-state index in [1.165, 1.54) is 25.7 Å². The predicted octanol–water partition coefficient (Wildman–Crippen LogP) is 2.89. The third-order valence-corrected chi connectivity index (χ3v) is 3.86. The minimum atomic E-state index is -0.162. The Labute approximate surface area is 99.4 Å². The molecule has 0 unspecified atom stereocenters. The number of aliphatic hydroxyl groups excluding tert-OH is 2. The number of aliphatic hydroxyl groups is 2. The first-order chi connectivity index (χ1) is 7.79. The molecule has 0 spiro atoms. The van der Waals surface area contributed by atoms with Crippen molar-refractivity contribution in [2.24, 2.45) is 11.8 Å². The SMILES string of the molecule is C=CCCCCCC[C@H]1[C@@H](CO)CC[C@H]1O. The molecule has 1 aliphatic rings. The van der Waals surface area contributed by atoms with E-state index in [-0.39, 0.29) is 12.7 Å². The van der Waals surface area contributed by atoms with Gasteiger partial charge in [-0.25, -0.2) is 0 Å². The molecular formula is C14H26O2. The molecule has 1 rings (SSSR count). The zero-order valence-electron chi connectivity index (χ0n) is 10.3. The number of hydrogen-bond acceptors (Lipinski definition) is 2. The summed E-state index contributed by atoms with van der Waals surface area (Å²) in [6.07, 6.45) is 10.8. The van der Waals surface area contributed by atoms with E-state index in [2.05, 4.69) is 6.58 Å². The number of allylic oxidation sites excluding steroid dienone is 1. The quantitative estimate of drug-likeness (QED) is 0.493. The monoisotopic (exact) mass is 226 g/mol. The Morgan fingerprint density at radius 2 is 1.88 bits per heavy atom. The van der Waals surface area contributed by atoms with E-state index in [0.29, 0.717) is 11.8 Å². The molecule has 2 nitrogen and oxygen atoms in total. The van der Waals surface area contributed by atoms with Crippen LogP contribution in [0.2, 0.25) is 0 Å². The first kappa shape index (κ1) is 13.7. The summed E-state index contributed by atoms with van der Waals surface area (Å²) < 4.78 is 0. The van der Waals surface area contributed by atoms with Gasteiger partial charge in [0.05, 0.1) is 6.10 Å². The van der Waals surface area contributed by atoms with Crippen molar-refractivity contribution in [2.75, 3.05) is 6.61 Å². The largest absolute Gasteiger partial charge is 0.396 e. The highest BCUT2D eigenvalue weighted by atomic mass is 16.3. The van der Waals surface area contributed by atoms with Crippen molar-refractivity contribution in [3.05, 3.63) is 12.7 Å². The molecule has 0 amide bonds. The minimum Gasteiger partial charge on any atom is -0.396 e. The third kappa shape index (κ3) is 4.26. The van der Waals surface area contributed by atoms with Crippen molar-refractivity contribution < 1.29 is 10.2 Å². The van der Waals surface area contributed by atoms with Gasteiger partial charge in [-0.15, -0.1) is 6.58 Å². The molecule has 0 aliphatic heterocycles. The highest BCUT2D eigenvalue weighted by Gasteiger charge is 2.33. The van der Waals surface area contributed by atoms with Crippen LogP contribution in [0.1, 0.15) is 51.4 Å². The van der Waals surface area contributed by atoms with Gasteiger partial charge in [0, 0.05) is 6.61 Å². The maximum Gasteiger partial charge on any atom is 0.0572 e. The van der Waals surface area contributed by atoms with Crippen LogP contribution in [0, 0.1) is 11.8 Å². The average Bonchev–Trinajstić information content (AvgIpc) is 2.65. The Bertz CT molecular complexity index is 191. The van der Waals surface area contributed by atoms with E-state index in [1.54, 1.807) is 0 Å². The van der Waals surface area contributed by atoms with Crippen LogP contribution >= 0.6 is 0 Å². The van der Waals surface area contributed by atoms with Gasteiger partial charge in [0.1, 0.15) is 0 Å². The summed E-state index contributed by atoms with van der Waals surface area (Å²) in [6.45, 7) is 3.96. The molecule has 0 radical (unpaired) electrons. The van der Waals surface area contributed by atoms with E-state index in [1.807, 2.05) is 6.08 Å². The van der Waals surface area contributed by atoms with Crippen LogP contribution < -0.4 is 0 Å². The Kier molecular flexibility index (Phi) is 6.74. The highest BCUT2D eigenvalue weighted by Crippen LogP contribution is 2.35. The summed E-state index contributed by atoms with van der Waals surface area (Å²) in [5.41, 5.74) is 0. The fourth-order valence-electron chi connectivity index (χ4n) is 2.80. The van der Waals surface area contributed by atoms with Gasteiger partial charge >= 0.3 is 0 Å². The van der Waals surface area contributed by atoms with Gasteiger partial charge in [-0.1, -0.05) is 25.3 Å². The van der Waals surface area contributed by atoms with Gasteiger partial charge in [0.2, 0.25) is 0 Å². The van der Waals surface area contributed by atoms with E-state index < -0.39 is 0 Å². The molecule has 2 heteroatoms. The molecule has 16 heavy (non-hydrogen) atoms. The van der Waals surface area contributed by atoms with Gasteiger partial charge in [-0.3, -0.25) is 0 Å². The molecule has 0 aromatic heterocycles. The first-order valence-electron chi connectivity index (χ1n) is 6.69. The lowest BCUT2D eigenvalue weighted by Gasteiger charge is -2.20. The van der Waals surface area contributed by atoms with Crippen molar-refractivity contribution in [1.29, 1.82) is 0 Å². The second-order valence-corrected chi connectivity index (χ2v) is 5.03. The van der Waals surface area contributed by atoms with Crippen molar-refractivity contribution in [3.63, 3.8) is 0 Å². The van der Waals surface area contributed by atoms with Crippen LogP contribution in [0.25, 0.3) is 0 Å². The average molecular weight is 226 g/mol. The van der Waals surface area contributed by atoms with E-state index in [9.17, 15) is 10.2 Å². The molecule has 2 N–H and O–H groups in total. The van der Waals surface area contributed by atoms with Crippen LogP contribution in [0.3, 0.4) is 0 Å². The summed E-state index contributed by atoms with van der Waals surface area (Å²) >= 11 is 0. The molecule has 3 atom stereocenters. The number of rotatable bonds is 8. The first-order valence-corrected chi connectivity index (χ1v) is 6.69. The Hall–Kier alpha value is -0.340. The minimum absolute atomic E-state index is 0.162.